The number of hydrogen-bond donors (Lipinski definition) is 0. The van der Waals surface area contributed by atoms with Crippen LogP contribution in [0.3, 0.4) is 0 Å². The van der Waals surface area contributed by atoms with Crippen LogP contribution in [0.2, 0.25) is 5.02 Å². The Morgan fingerprint density at radius 3 is 2.48 bits per heavy atom. The van der Waals surface area contributed by atoms with Crippen molar-refractivity contribution < 1.29 is 13.7 Å². The van der Waals surface area contributed by atoms with Crippen molar-refractivity contribution in [3.63, 3.8) is 0 Å². The van der Waals surface area contributed by atoms with Gasteiger partial charge >= 0.3 is 0 Å². The summed E-state index contributed by atoms with van der Waals surface area (Å²) in [6.07, 6.45) is 3.55. The van der Waals surface area contributed by atoms with Gasteiger partial charge in [-0.2, -0.15) is 4.40 Å². The van der Waals surface area contributed by atoms with Crippen LogP contribution in [0.5, 0.6) is 0 Å². The lowest BCUT2D eigenvalue weighted by atomic mass is 9.63. The largest absolute Gasteiger partial charge is 0.359 e. The van der Waals surface area contributed by atoms with Crippen molar-refractivity contribution in [3.05, 3.63) is 34.9 Å². The molecule has 0 saturated heterocycles. The fraction of sp³-hybridized carbons (Fsp3) is 0.588. The Bertz CT molecular complexity index is 574. The molecule has 0 bridgehead atoms. The van der Waals surface area contributed by atoms with Gasteiger partial charge in [0.2, 0.25) is 0 Å². The number of ether oxygens (including phenoxy) is 2. The Labute approximate surface area is 145 Å². The van der Waals surface area contributed by atoms with E-state index in [2.05, 4.69) is 4.40 Å². The molecule has 0 aromatic heterocycles. The summed E-state index contributed by atoms with van der Waals surface area (Å²) >= 11 is 5.98. The monoisotopic (exact) mass is 357 g/mol. The molecule has 0 radical (unpaired) electrons. The molecule has 1 aromatic rings. The number of methoxy groups -OCH3 is 1. The first kappa shape index (κ1) is 18.6. The predicted molar refractivity (Wildman–Crippen MR) is 95.5 cm³/mol. The molecular weight excluding hydrogens is 334 g/mol. The van der Waals surface area contributed by atoms with E-state index in [4.69, 9.17) is 21.1 Å². The van der Waals surface area contributed by atoms with Crippen molar-refractivity contribution in [3.8, 4) is 0 Å². The molecular formula is C17H24ClNO3S. The molecule has 0 N–H and O–H groups in total. The molecule has 128 valence electrons. The molecule has 0 heterocycles. The van der Waals surface area contributed by atoms with Crippen molar-refractivity contribution >= 4 is 28.8 Å². The Hall–Kier alpha value is -0.750. The molecule has 1 aliphatic carbocycles. The second-order valence-corrected chi connectivity index (χ2v) is 9.23. The van der Waals surface area contributed by atoms with Crippen molar-refractivity contribution in [2.24, 2.45) is 4.40 Å². The molecule has 1 saturated carbocycles. The fourth-order valence-corrected chi connectivity index (χ4v) is 3.28. The van der Waals surface area contributed by atoms with E-state index in [1.54, 1.807) is 7.11 Å². The molecule has 1 aromatic carbocycles. The quantitative estimate of drug-likeness (QED) is 0.573. The van der Waals surface area contributed by atoms with Crippen LogP contribution < -0.4 is 0 Å². The molecule has 1 fully saturated rings. The topological polar surface area (TPSA) is 47.9 Å². The van der Waals surface area contributed by atoms with Crippen LogP contribution in [0, 0.1) is 0 Å². The number of rotatable bonds is 6. The van der Waals surface area contributed by atoms with Crippen LogP contribution in [0.1, 0.15) is 39.2 Å². The minimum atomic E-state index is -1.27. The van der Waals surface area contributed by atoms with E-state index >= 15 is 0 Å². The van der Waals surface area contributed by atoms with Crippen molar-refractivity contribution in [2.75, 3.05) is 13.9 Å². The highest BCUT2D eigenvalue weighted by molar-refractivity contribution is 7.85. The summed E-state index contributed by atoms with van der Waals surface area (Å²) in [5.41, 5.74) is 0.873. The average Bonchev–Trinajstić information content (AvgIpc) is 2.45. The van der Waals surface area contributed by atoms with Crippen molar-refractivity contribution in [2.45, 2.75) is 49.9 Å². The lowest BCUT2D eigenvalue weighted by molar-refractivity contribution is -0.110. The van der Waals surface area contributed by atoms with Crippen LogP contribution >= 0.6 is 11.6 Å². The molecule has 0 amide bonds. The van der Waals surface area contributed by atoms with Gasteiger partial charge in [0.25, 0.3) is 0 Å². The number of nitrogens with zero attached hydrogens (tertiary/aromatic N) is 1. The maximum atomic E-state index is 12.2. The van der Waals surface area contributed by atoms with E-state index in [9.17, 15) is 4.21 Å². The summed E-state index contributed by atoms with van der Waals surface area (Å²) in [5.74, 6) is 0. The first-order valence-electron chi connectivity index (χ1n) is 7.61. The Morgan fingerprint density at radius 2 is 1.96 bits per heavy atom. The first-order valence-corrected chi connectivity index (χ1v) is 9.09. The average molecular weight is 358 g/mol. The predicted octanol–water partition coefficient (Wildman–Crippen LogP) is 3.89. The lowest BCUT2D eigenvalue weighted by Gasteiger charge is -2.45. The minimum Gasteiger partial charge on any atom is -0.359 e. The van der Waals surface area contributed by atoms with Gasteiger partial charge in [-0.1, -0.05) is 23.7 Å². The second kappa shape index (κ2) is 7.43. The summed E-state index contributed by atoms with van der Waals surface area (Å²) in [7, 11) is 0.342. The van der Waals surface area contributed by atoms with Crippen LogP contribution in [0.4, 0.5) is 0 Å². The van der Waals surface area contributed by atoms with Crippen LogP contribution in [-0.2, 0) is 25.9 Å². The number of benzene rings is 1. The summed E-state index contributed by atoms with van der Waals surface area (Å²) in [6, 6.07) is 7.74. The molecule has 0 aliphatic heterocycles. The lowest BCUT2D eigenvalue weighted by Crippen LogP contribution is -2.47. The zero-order valence-electron chi connectivity index (χ0n) is 14.0. The zero-order chi connectivity index (χ0) is 17.1. The van der Waals surface area contributed by atoms with E-state index in [1.165, 1.54) is 0 Å². The molecule has 4 nitrogen and oxygen atoms in total. The summed E-state index contributed by atoms with van der Waals surface area (Å²) in [5, 5.41) is 0.700. The third kappa shape index (κ3) is 4.63. The number of hydrogen-bond acceptors (Lipinski definition) is 3. The van der Waals surface area contributed by atoms with E-state index in [1.807, 2.05) is 51.3 Å². The van der Waals surface area contributed by atoms with E-state index in [0.29, 0.717) is 5.02 Å². The summed E-state index contributed by atoms with van der Waals surface area (Å²) < 4.78 is 26.8. The molecule has 2 rings (SSSR count). The van der Waals surface area contributed by atoms with Gasteiger partial charge < -0.3 is 9.47 Å². The Balaban J connectivity index is 2.19. The van der Waals surface area contributed by atoms with Gasteiger partial charge in [-0.3, -0.25) is 0 Å². The summed E-state index contributed by atoms with van der Waals surface area (Å²) in [4.78, 5) is 0. The van der Waals surface area contributed by atoms with Crippen LogP contribution in [-0.4, -0.2) is 35.2 Å². The van der Waals surface area contributed by atoms with E-state index < -0.39 is 11.0 Å². The fourth-order valence-electron chi connectivity index (χ4n) is 2.54. The molecule has 1 aliphatic rings. The third-order valence-corrected chi connectivity index (χ3v) is 5.54. The normalized spacial score (nSPS) is 26.2. The summed E-state index contributed by atoms with van der Waals surface area (Å²) in [6.45, 7) is 6.04. The minimum absolute atomic E-state index is 0.125. The number of halogens is 1. The molecule has 0 spiro atoms. The smallest absolute Gasteiger partial charge is 0.146 e. The van der Waals surface area contributed by atoms with Gasteiger partial charge in [-0.05, 0) is 51.3 Å². The van der Waals surface area contributed by atoms with Gasteiger partial charge in [-0.15, -0.1) is 0 Å². The first-order chi connectivity index (χ1) is 10.8. The molecule has 23 heavy (non-hydrogen) atoms. The van der Waals surface area contributed by atoms with Gasteiger partial charge in [0.1, 0.15) is 17.8 Å². The molecule has 6 heteroatoms. The van der Waals surface area contributed by atoms with Gasteiger partial charge in [0.15, 0.2) is 0 Å². The third-order valence-electron chi connectivity index (χ3n) is 3.94. The maximum absolute atomic E-state index is 12.2. The van der Waals surface area contributed by atoms with Crippen LogP contribution in [0.15, 0.2) is 28.7 Å². The van der Waals surface area contributed by atoms with Gasteiger partial charge in [0.05, 0.1) is 10.9 Å². The highest BCUT2D eigenvalue weighted by Crippen LogP contribution is 2.44. The van der Waals surface area contributed by atoms with Crippen LogP contribution in [0.25, 0.3) is 0 Å². The Morgan fingerprint density at radius 1 is 1.35 bits per heavy atom. The Kier molecular flexibility index (Phi) is 6.00. The van der Waals surface area contributed by atoms with Crippen molar-refractivity contribution in [1.82, 2.24) is 0 Å². The maximum Gasteiger partial charge on any atom is 0.146 e. The van der Waals surface area contributed by atoms with E-state index in [-0.39, 0.29) is 23.1 Å². The van der Waals surface area contributed by atoms with Gasteiger partial charge in [0, 0.05) is 23.8 Å². The highest BCUT2D eigenvalue weighted by Gasteiger charge is 2.45. The molecule has 1 atom stereocenters. The van der Waals surface area contributed by atoms with Gasteiger partial charge in [-0.25, -0.2) is 4.21 Å². The zero-order valence-corrected chi connectivity index (χ0v) is 15.6. The second-order valence-electron chi connectivity index (χ2n) is 6.86. The van der Waals surface area contributed by atoms with E-state index in [0.717, 1.165) is 18.4 Å². The SMILES string of the molecule is COCOC1CC(C=N[S@](=O)C(C)(C)C)(c2ccc(Cl)cc2)C1. The molecule has 0 unspecified atom stereocenters. The highest BCUT2D eigenvalue weighted by atomic mass is 35.5. The van der Waals surface area contributed by atoms with Crippen molar-refractivity contribution in [1.29, 1.82) is 0 Å². The standard InChI is InChI=1S/C17H24ClNO3S/c1-16(2,3)23(20)19-11-17(9-15(10-17)22-12-21-4)13-5-7-14(18)8-6-13/h5-8,11,15H,9-10,12H2,1-4H3/t15?,17?,23-/m1/s1.